The molecule has 0 saturated heterocycles. The number of halogens is 4. The first kappa shape index (κ1) is 20.6. The van der Waals surface area contributed by atoms with Gasteiger partial charge < -0.3 is 5.32 Å². The first-order valence-electron chi connectivity index (χ1n) is 8.42. The van der Waals surface area contributed by atoms with Crippen LogP contribution in [0.5, 0.6) is 0 Å². The number of benzene rings is 2. The standard InChI is InChI=1S/C19H11Cl4N5O2/c20-11-6-13(22)15(14(23)7-11)28-19(30)16(27-9-12(21)8-24-27)17(26-28)25-18(29)10-4-2-1-3-5-10/h1-9,26H,(H,25,29). The van der Waals surface area contributed by atoms with Crippen LogP contribution in [0.25, 0.3) is 11.4 Å². The van der Waals surface area contributed by atoms with E-state index >= 15 is 0 Å². The van der Waals surface area contributed by atoms with Crippen LogP contribution >= 0.6 is 46.4 Å². The molecule has 4 rings (SSSR count). The first-order chi connectivity index (χ1) is 14.3. The van der Waals surface area contributed by atoms with Crippen molar-refractivity contribution in [2.75, 3.05) is 5.32 Å². The number of anilines is 1. The van der Waals surface area contributed by atoms with Crippen LogP contribution in [0, 0.1) is 0 Å². The second kappa shape index (κ2) is 8.20. The molecular weight excluding hydrogens is 472 g/mol. The van der Waals surface area contributed by atoms with Gasteiger partial charge in [-0.2, -0.15) is 5.10 Å². The van der Waals surface area contributed by atoms with Crippen LogP contribution in [0.2, 0.25) is 20.1 Å². The Kier molecular flexibility index (Phi) is 5.62. The van der Waals surface area contributed by atoms with Crippen molar-refractivity contribution in [1.82, 2.24) is 19.6 Å². The average molecular weight is 483 g/mol. The van der Waals surface area contributed by atoms with Crippen molar-refractivity contribution in [2.45, 2.75) is 0 Å². The van der Waals surface area contributed by atoms with E-state index in [0.29, 0.717) is 15.6 Å². The lowest BCUT2D eigenvalue weighted by molar-refractivity contribution is 0.102. The summed E-state index contributed by atoms with van der Waals surface area (Å²) in [5.41, 5.74) is 0.0306. The summed E-state index contributed by atoms with van der Waals surface area (Å²) in [5, 5.41) is 10.5. The summed E-state index contributed by atoms with van der Waals surface area (Å²) in [5.74, 6) is -0.354. The molecule has 0 unspecified atom stereocenters. The van der Waals surface area contributed by atoms with E-state index in [1.54, 1.807) is 30.3 Å². The molecular formula is C19H11Cl4N5O2. The minimum absolute atomic E-state index is 0.0215. The monoisotopic (exact) mass is 481 g/mol. The fourth-order valence-corrected chi connectivity index (χ4v) is 3.95. The SMILES string of the molecule is O=C(Nc1[nH]n(-c2c(Cl)cc(Cl)cc2Cl)c(=O)c1-n1cc(Cl)cn1)c1ccccc1. The van der Waals surface area contributed by atoms with Crippen molar-refractivity contribution >= 4 is 58.1 Å². The van der Waals surface area contributed by atoms with Crippen molar-refractivity contribution in [3.8, 4) is 11.4 Å². The highest BCUT2D eigenvalue weighted by Gasteiger charge is 2.23. The highest BCUT2D eigenvalue weighted by atomic mass is 35.5. The molecule has 0 atom stereocenters. The van der Waals surface area contributed by atoms with Gasteiger partial charge in [0.15, 0.2) is 11.5 Å². The predicted molar refractivity (Wildman–Crippen MR) is 118 cm³/mol. The zero-order valence-electron chi connectivity index (χ0n) is 14.9. The predicted octanol–water partition coefficient (Wildman–Crippen LogP) is 5.22. The van der Waals surface area contributed by atoms with Crippen LogP contribution in [0.15, 0.2) is 59.7 Å². The van der Waals surface area contributed by atoms with Crippen molar-refractivity contribution in [1.29, 1.82) is 0 Å². The summed E-state index contributed by atoms with van der Waals surface area (Å²) in [6.45, 7) is 0. The van der Waals surface area contributed by atoms with E-state index in [9.17, 15) is 9.59 Å². The molecule has 152 valence electrons. The first-order valence-corrected chi connectivity index (χ1v) is 9.93. The number of aromatic nitrogens is 4. The van der Waals surface area contributed by atoms with Crippen molar-refractivity contribution in [2.24, 2.45) is 0 Å². The molecule has 0 aliphatic rings. The molecule has 4 aromatic rings. The minimum Gasteiger partial charge on any atom is -0.305 e. The summed E-state index contributed by atoms with van der Waals surface area (Å²) in [6.07, 6.45) is 2.79. The number of nitrogens with one attached hydrogen (secondary N) is 2. The fraction of sp³-hybridized carbons (Fsp3) is 0. The quantitative estimate of drug-likeness (QED) is 0.418. The Labute approximate surface area is 189 Å². The van der Waals surface area contributed by atoms with Gasteiger partial charge in [-0.15, -0.1) is 0 Å². The molecule has 0 aliphatic carbocycles. The second-order valence-corrected chi connectivity index (χ2v) is 7.80. The van der Waals surface area contributed by atoms with Gasteiger partial charge in [-0.1, -0.05) is 64.6 Å². The smallest absolute Gasteiger partial charge is 0.299 e. The Bertz CT molecular complexity index is 1290. The number of hydrogen-bond acceptors (Lipinski definition) is 3. The Hall–Kier alpha value is -2.71. The second-order valence-electron chi connectivity index (χ2n) is 6.12. The van der Waals surface area contributed by atoms with Crippen LogP contribution in [0.4, 0.5) is 5.82 Å². The topological polar surface area (TPSA) is 84.7 Å². The van der Waals surface area contributed by atoms with E-state index in [0.717, 1.165) is 4.68 Å². The third-order valence-corrected chi connectivity index (χ3v) is 5.12. The van der Waals surface area contributed by atoms with E-state index < -0.39 is 11.5 Å². The molecule has 0 aliphatic heterocycles. The van der Waals surface area contributed by atoms with Crippen LogP contribution in [-0.4, -0.2) is 25.5 Å². The van der Waals surface area contributed by atoms with Gasteiger partial charge in [0.2, 0.25) is 0 Å². The van der Waals surface area contributed by atoms with E-state index in [2.05, 4.69) is 15.5 Å². The van der Waals surface area contributed by atoms with E-state index in [4.69, 9.17) is 46.4 Å². The van der Waals surface area contributed by atoms with E-state index in [1.807, 2.05) is 0 Å². The van der Waals surface area contributed by atoms with Gasteiger partial charge in [-0.05, 0) is 24.3 Å². The molecule has 0 radical (unpaired) electrons. The summed E-state index contributed by atoms with van der Waals surface area (Å²) < 4.78 is 2.35. The molecule has 11 heteroatoms. The minimum atomic E-state index is -0.566. The molecule has 0 saturated carbocycles. The number of H-pyrrole nitrogens is 1. The highest BCUT2D eigenvalue weighted by Crippen LogP contribution is 2.32. The molecule has 2 aromatic carbocycles. The maximum absolute atomic E-state index is 13.2. The lowest BCUT2D eigenvalue weighted by atomic mass is 10.2. The Balaban J connectivity index is 1.89. The number of carbonyl (C=O) groups excluding carboxylic acids is 1. The Morgan fingerprint density at radius 1 is 0.967 bits per heavy atom. The lowest BCUT2D eigenvalue weighted by Gasteiger charge is -2.08. The number of aromatic amines is 1. The van der Waals surface area contributed by atoms with Gasteiger partial charge in [-0.25, -0.2) is 9.36 Å². The fourth-order valence-electron chi connectivity index (χ4n) is 2.83. The number of rotatable bonds is 4. The van der Waals surface area contributed by atoms with Gasteiger partial charge in [0, 0.05) is 16.8 Å². The molecule has 2 aromatic heterocycles. The number of hydrogen-bond donors (Lipinski definition) is 2. The Morgan fingerprint density at radius 2 is 1.63 bits per heavy atom. The lowest BCUT2D eigenvalue weighted by Crippen LogP contribution is -2.19. The summed E-state index contributed by atoms with van der Waals surface area (Å²) in [6, 6.07) is 11.4. The van der Waals surface area contributed by atoms with Crippen molar-refractivity contribution in [3.63, 3.8) is 0 Å². The van der Waals surface area contributed by atoms with Crippen LogP contribution < -0.4 is 10.9 Å². The van der Waals surface area contributed by atoms with Crippen molar-refractivity contribution < 1.29 is 4.79 Å². The van der Waals surface area contributed by atoms with E-state index in [1.165, 1.54) is 29.2 Å². The molecule has 2 heterocycles. The molecule has 1 amide bonds. The molecule has 0 fully saturated rings. The zero-order valence-corrected chi connectivity index (χ0v) is 17.9. The average Bonchev–Trinajstić information content (AvgIpc) is 3.25. The van der Waals surface area contributed by atoms with Gasteiger partial charge in [-0.3, -0.25) is 14.7 Å². The number of carbonyl (C=O) groups is 1. The van der Waals surface area contributed by atoms with Crippen LogP contribution in [-0.2, 0) is 0 Å². The van der Waals surface area contributed by atoms with Gasteiger partial charge >= 0.3 is 0 Å². The van der Waals surface area contributed by atoms with Crippen molar-refractivity contribution in [3.05, 3.63) is 90.9 Å². The normalized spacial score (nSPS) is 10.9. The number of amides is 1. The summed E-state index contributed by atoms with van der Waals surface area (Å²) in [4.78, 5) is 25.9. The molecule has 30 heavy (non-hydrogen) atoms. The third kappa shape index (κ3) is 3.85. The molecule has 2 N–H and O–H groups in total. The summed E-state index contributed by atoms with van der Waals surface area (Å²) >= 11 is 24.5. The number of nitrogens with zero attached hydrogens (tertiary/aromatic N) is 3. The van der Waals surface area contributed by atoms with Gasteiger partial charge in [0.05, 0.1) is 21.3 Å². The highest BCUT2D eigenvalue weighted by molar-refractivity contribution is 6.40. The largest absolute Gasteiger partial charge is 0.305 e. The summed E-state index contributed by atoms with van der Waals surface area (Å²) in [7, 11) is 0. The van der Waals surface area contributed by atoms with E-state index in [-0.39, 0.29) is 27.2 Å². The van der Waals surface area contributed by atoms with Crippen LogP contribution in [0.3, 0.4) is 0 Å². The maximum Gasteiger partial charge on any atom is 0.299 e. The van der Waals surface area contributed by atoms with Gasteiger partial charge in [0.1, 0.15) is 5.69 Å². The van der Waals surface area contributed by atoms with Gasteiger partial charge in [0.25, 0.3) is 11.5 Å². The third-order valence-electron chi connectivity index (χ3n) is 4.13. The molecule has 7 nitrogen and oxygen atoms in total. The maximum atomic E-state index is 13.2. The van der Waals surface area contributed by atoms with Crippen LogP contribution in [0.1, 0.15) is 10.4 Å². The zero-order chi connectivity index (χ0) is 21.4. The molecule has 0 bridgehead atoms. The Morgan fingerprint density at radius 3 is 2.23 bits per heavy atom. The molecule has 0 spiro atoms.